The van der Waals surface area contributed by atoms with Gasteiger partial charge in [0, 0.05) is 60.2 Å². The van der Waals surface area contributed by atoms with Gasteiger partial charge in [-0.1, -0.05) is 0 Å². The Morgan fingerprint density at radius 3 is 1.13 bits per heavy atom. The van der Waals surface area contributed by atoms with E-state index in [1.54, 1.807) is 28.2 Å². The number of carbonyl (C=O) groups excluding carboxylic acids is 2. The summed E-state index contributed by atoms with van der Waals surface area (Å²) >= 11 is -2.03. The van der Waals surface area contributed by atoms with Crippen molar-refractivity contribution < 1.29 is 28.3 Å². The zero-order valence-electron chi connectivity index (χ0n) is 21.1. The number of nitrogens with two attached hydrogens (primary N) is 2. The quantitative estimate of drug-likeness (QED) is 0.206. The van der Waals surface area contributed by atoms with Gasteiger partial charge in [-0.05, 0) is 42.3 Å². The summed E-state index contributed by atoms with van der Waals surface area (Å²) in [5.41, 5.74) is 9.82. The second-order valence-electron chi connectivity index (χ2n) is 6.27. The first kappa shape index (κ1) is 42.9. The van der Waals surface area contributed by atoms with Gasteiger partial charge in [-0.3, -0.25) is 13.9 Å². The fourth-order valence-electron chi connectivity index (χ4n) is 0. The summed E-state index contributed by atoms with van der Waals surface area (Å²) in [7, 11) is 20.1. The smallest absolute Gasteiger partial charge is 0.406 e. The van der Waals surface area contributed by atoms with Crippen LogP contribution in [0.1, 0.15) is 0 Å². The number of nitrogens with zero attached hydrogens (tertiary/aromatic N) is 5. The third-order valence-electron chi connectivity index (χ3n) is 1.70. The maximum absolute atomic E-state index is 9.85. The van der Waals surface area contributed by atoms with Crippen LogP contribution in [0.25, 0.3) is 0 Å². The number of amides is 4. The summed E-state index contributed by atoms with van der Waals surface area (Å²) in [6.45, 7) is 0.639. The topological polar surface area (TPSA) is 192 Å². The van der Waals surface area contributed by atoms with Gasteiger partial charge in [0.15, 0.2) is 0 Å². The van der Waals surface area contributed by atoms with E-state index in [9.17, 15) is 23.1 Å². The van der Waals surface area contributed by atoms with Crippen molar-refractivity contribution >= 4 is 29.8 Å². The number of hydrogen-bond donors (Lipinski definition) is 4. The third kappa shape index (κ3) is 96.7. The predicted octanol–water partition coefficient (Wildman–Crippen LogP) is -1.80. The van der Waals surface area contributed by atoms with Gasteiger partial charge < -0.3 is 41.1 Å². The molecule has 0 heterocycles. The molecule has 0 saturated carbocycles. The molecule has 0 aromatic carbocycles. The summed E-state index contributed by atoms with van der Waals surface area (Å²) in [6.07, 6.45) is -0.157. The monoisotopic (exact) mass is 477 g/mol. The number of nitrogens with one attached hydrogen (secondary N) is 1. The molecule has 4 amide bonds. The van der Waals surface area contributed by atoms with Crippen molar-refractivity contribution in [3.05, 3.63) is 0 Å². The number of rotatable bonds is 3. The Kier molecular flexibility index (Phi) is 45.2. The van der Waals surface area contributed by atoms with E-state index < -0.39 is 23.4 Å². The lowest BCUT2D eigenvalue weighted by Crippen LogP contribution is -2.27. The lowest BCUT2D eigenvalue weighted by atomic mass is 10.9. The van der Waals surface area contributed by atoms with Crippen LogP contribution < -0.4 is 16.8 Å². The molecule has 0 fully saturated rings. The Hall–Kier alpha value is -2.04. The van der Waals surface area contributed by atoms with Crippen LogP contribution in [0.5, 0.6) is 0 Å². The Bertz CT molecular complexity index is 382. The molecule has 15 heteroatoms. The lowest BCUT2D eigenvalue weighted by molar-refractivity contribution is -0.115. The fourth-order valence-corrected chi connectivity index (χ4v) is 0. The summed E-state index contributed by atoms with van der Waals surface area (Å²) in [5, 5.41) is 10.7. The van der Waals surface area contributed by atoms with E-state index in [-0.39, 0.29) is 0 Å². The minimum Gasteiger partial charge on any atom is -0.760 e. The van der Waals surface area contributed by atoms with Gasteiger partial charge in [-0.15, -0.1) is 0 Å². The maximum Gasteiger partial charge on any atom is 0.406 e. The van der Waals surface area contributed by atoms with E-state index in [0.717, 1.165) is 15.6 Å². The third-order valence-corrected chi connectivity index (χ3v) is 2.29. The van der Waals surface area contributed by atoms with Crippen molar-refractivity contribution in [2.75, 3.05) is 91.2 Å². The molecule has 0 aliphatic rings. The number of urea groups is 1. The number of hydrogen-bond acceptors (Lipinski definition) is 8. The normalized spacial score (nSPS) is 9.16. The Labute approximate surface area is 190 Å². The zero-order valence-corrected chi connectivity index (χ0v) is 21.9. The van der Waals surface area contributed by atoms with Crippen LogP contribution in [0.4, 0.5) is 9.59 Å². The highest BCUT2D eigenvalue weighted by Crippen LogP contribution is 1.73. The lowest BCUT2D eigenvalue weighted by Gasteiger charge is -2.10. The highest BCUT2D eigenvalue weighted by molar-refractivity contribution is 7.76. The van der Waals surface area contributed by atoms with Crippen LogP contribution in [0.3, 0.4) is 0 Å². The van der Waals surface area contributed by atoms with Crippen LogP contribution >= 0.6 is 0 Å². The molecule has 31 heavy (non-hydrogen) atoms. The summed E-state index contributed by atoms with van der Waals surface area (Å²) in [4.78, 5) is 34.6. The highest BCUT2D eigenvalue weighted by Gasteiger charge is 1.92. The van der Waals surface area contributed by atoms with Gasteiger partial charge >= 0.3 is 12.1 Å². The second-order valence-corrected chi connectivity index (χ2v) is 7.43. The molecule has 0 aliphatic heterocycles. The first-order chi connectivity index (χ1) is 13.9. The molecule has 0 rings (SSSR count). The molecule has 14 nitrogen and oxygen atoms in total. The highest BCUT2D eigenvalue weighted by atomic mass is 32.2. The van der Waals surface area contributed by atoms with Crippen LogP contribution in [0, 0.1) is 0 Å². The van der Waals surface area contributed by atoms with Gasteiger partial charge in [-0.25, -0.2) is 13.9 Å². The Balaban J connectivity index is -0.0000000612. The van der Waals surface area contributed by atoms with Crippen LogP contribution in [-0.4, -0.2) is 148 Å². The van der Waals surface area contributed by atoms with Crippen LogP contribution in [0.2, 0.25) is 0 Å². The second kappa shape index (κ2) is 32.6. The molecular weight excluding hydrogens is 432 g/mol. The van der Waals surface area contributed by atoms with Crippen LogP contribution in [0.15, 0.2) is 0 Å². The zero-order chi connectivity index (χ0) is 26.7. The van der Waals surface area contributed by atoms with Crippen molar-refractivity contribution in [2.24, 2.45) is 11.5 Å². The molecule has 192 valence electrons. The molecule has 0 aromatic rings. The van der Waals surface area contributed by atoms with E-state index in [1.807, 2.05) is 33.1 Å². The average Bonchev–Trinajstić information content (AvgIpc) is 2.63. The number of carboxylic acid groups (broad SMARTS) is 1. The molecule has 0 saturated heterocycles. The average molecular weight is 478 g/mol. The first-order valence-corrected chi connectivity index (χ1v) is 9.61. The van der Waals surface area contributed by atoms with Crippen molar-refractivity contribution in [1.29, 1.82) is 0 Å². The molecule has 1 unspecified atom stereocenters. The van der Waals surface area contributed by atoms with Crippen molar-refractivity contribution in [2.45, 2.75) is 0 Å². The van der Waals surface area contributed by atoms with E-state index >= 15 is 0 Å². The predicted molar refractivity (Wildman–Crippen MR) is 125 cm³/mol. The summed E-state index contributed by atoms with van der Waals surface area (Å²) < 4.78 is 20.3. The van der Waals surface area contributed by atoms with E-state index in [2.05, 4.69) is 5.32 Å². The maximum atomic E-state index is 9.85. The minimum atomic E-state index is -2.03. The molecule has 0 bridgehead atoms. The van der Waals surface area contributed by atoms with Gasteiger partial charge in [0.1, 0.15) is 0 Å². The van der Waals surface area contributed by atoms with Gasteiger partial charge in [0.05, 0.1) is 0 Å². The van der Waals surface area contributed by atoms with Gasteiger partial charge in [0.25, 0.3) is 0 Å². The standard InChI is InChI=1S/C3H8N2O.C3H10N2.C3H7NO2.C3H7NO.C2H7NO2S.C2H7N/c1-5(2)3(4)6;1-5(2)3-4;1-4(2)3(5)6;1-4(2)3-5;1-3(2)6(4)5;1-3-2/h1-2H3,(H2,4,6);3-4H2,1-2H3;1-2H3,(H,5,6);3H,1-2H3;1-2H3,(H,4,5);3H,1-2H3/p-1. The van der Waals surface area contributed by atoms with Crippen molar-refractivity contribution in [3.8, 4) is 0 Å². The van der Waals surface area contributed by atoms with Crippen LogP contribution in [-0.2, 0) is 16.1 Å². The summed E-state index contributed by atoms with van der Waals surface area (Å²) in [5.74, 6) is 0. The number of primary amides is 1. The summed E-state index contributed by atoms with van der Waals surface area (Å²) in [6, 6.07) is -0.407. The van der Waals surface area contributed by atoms with Crippen molar-refractivity contribution in [3.63, 3.8) is 0 Å². The molecule has 0 aromatic heterocycles. The molecule has 0 spiro atoms. The molecule has 0 aliphatic carbocycles. The SMILES string of the molecule is CN(C)C(=O)O.CN(C)C(N)=O.CN(C)C=O.CN(C)CN.CN(C)S(=O)[O-].CNC. The van der Waals surface area contributed by atoms with E-state index in [0.29, 0.717) is 6.67 Å². The Morgan fingerprint density at radius 2 is 1.13 bits per heavy atom. The fraction of sp³-hybridized carbons (Fsp3) is 0.812. The number of carbonyl (C=O) groups is 3. The van der Waals surface area contributed by atoms with E-state index in [1.165, 1.54) is 38.0 Å². The van der Waals surface area contributed by atoms with E-state index in [4.69, 9.17) is 16.6 Å². The largest absolute Gasteiger partial charge is 0.760 e. The Morgan fingerprint density at radius 1 is 0.968 bits per heavy atom. The molecule has 0 radical (unpaired) electrons. The van der Waals surface area contributed by atoms with Gasteiger partial charge in [0.2, 0.25) is 6.41 Å². The minimum absolute atomic E-state index is 0.407. The molecular formula is C16H45N8O6S-. The first-order valence-electron chi connectivity index (χ1n) is 8.57. The van der Waals surface area contributed by atoms with Crippen molar-refractivity contribution in [1.82, 2.24) is 29.2 Å². The molecule has 1 atom stereocenters. The van der Waals surface area contributed by atoms with Gasteiger partial charge in [-0.2, -0.15) is 0 Å². The molecule has 6 N–H and O–H groups in total.